The zero-order valence-corrected chi connectivity index (χ0v) is 23.2. The lowest BCUT2D eigenvalue weighted by molar-refractivity contribution is 0.479. The lowest BCUT2D eigenvalue weighted by Gasteiger charge is -2.29. The first-order valence-electron chi connectivity index (χ1n) is 12.8. The predicted molar refractivity (Wildman–Crippen MR) is 161 cm³/mol. The fourth-order valence-electron chi connectivity index (χ4n) is 5.06. The number of halogens is 1. The first kappa shape index (κ1) is 25.2. The number of ether oxygens (including phenoxy) is 1. The molecule has 39 heavy (non-hydrogen) atoms. The Morgan fingerprint density at radius 2 is 1.62 bits per heavy atom. The third-order valence-corrected chi connectivity index (χ3v) is 7.78. The largest absolute Gasteiger partial charge is 0.457 e. The van der Waals surface area contributed by atoms with E-state index >= 15 is 0 Å². The summed E-state index contributed by atoms with van der Waals surface area (Å²) in [4.78, 5) is 6.85. The second kappa shape index (κ2) is 10.6. The molecule has 7 heteroatoms. The highest BCUT2D eigenvalue weighted by Crippen LogP contribution is 2.43. The average Bonchev–Trinajstić information content (AvgIpc) is 3.57. The number of pyridine rings is 1. The molecule has 0 amide bonds. The van der Waals surface area contributed by atoms with Crippen molar-refractivity contribution in [1.82, 2.24) is 14.9 Å². The van der Waals surface area contributed by atoms with Gasteiger partial charge < -0.3 is 19.5 Å². The molecule has 0 spiro atoms. The smallest absolute Gasteiger partial charge is 0.174 e. The van der Waals surface area contributed by atoms with E-state index < -0.39 is 0 Å². The average molecular weight is 551 g/mol. The number of nitrogens with one attached hydrogen (secondary N) is 1. The second-order valence-corrected chi connectivity index (χ2v) is 10.4. The molecule has 5 nitrogen and oxygen atoms in total. The molecule has 0 saturated carbocycles. The van der Waals surface area contributed by atoms with Crippen molar-refractivity contribution in [2.75, 3.05) is 4.90 Å². The minimum atomic E-state index is -0.151. The Labute approximate surface area is 238 Å². The fraction of sp³-hybridized carbons (Fsp3) is 0.125. The van der Waals surface area contributed by atoms with E-state index in [9.17, 15) is 0 Å². The van der Waals surface area contributed by atoms with E-state index in [1.807, 2.05) is 86.8 Å². The van der Waals surface area contributed by atoms with E-state index in [-0.39, 0.29) is 12.1 Å². The van der Waals surface area contributed by atoms with Crippen molar-refractivity contribution in [2.24, 2.45) is 0 Å². The van der Waals surface area contributed by atoms with Crippen LogP contribution in [0.25, 0.3) is 5.69 Å². The van der Waals surface area contributed by atoms with Crippen LogP contribution in [-0.4, -0.2) is 14.7 Å². The Balaban J connectivity index is 1.40. The van der Waals surface area contributed by atoms with Crippen molar-refractivity contribution in [3.8, 4) is 17.2 Å². The molecule has 0 bridgehead atoms. The van der Waals surface area contributed by atoms with Gasteiger partial charge in [-0.3, -0.25) is 4.98 Å². The van der Waals surface area contributed by atoms with Gasteiger partial charge in [0.1, 0.15) is 17.5 Å². The maximum atomic E-state index is 6.34. The van der Waals surface area contributed by atoms with Crippen LogP contribution in [0.2, 0.25) is 5.02 Å². The minimum absolute atomic E-state index is 0.149. The number of hydrogen-bond acceptors (Lipinski definition) is 3. The quantitative estimate of drug-likeness (QED) is 0.216. The van der Waals surface area contributed by atoms with Crippen molar-refractivity contribution in [3.63, 3.8) is 0 Å². The third-order valence-electron chi connectivity index (χ3n) is 7.04. The number of rotatable bonds is 6. The fourth-order valence-corrected chi connectivity index (χ4v) is 5.52. The van der Waals surface area contributed by atoms with E-state index in [1.165, 1.54) is 0 Å². The van der Waals surface area contributed by atoms with Crippen LogP contribution in [0.5, 0.6) is 11.5 Å². The Hall–Kier alpha value is -4.13. The van der Waals surface area contributed by atoms with Gasteiger partial charge >= 0.3 is 0 Å². The Kier molecular flexibility index (Phi) is 6.81. The first-order valence-corrected chi connectivity index (χ1v) is 13.6. The molecule has 1 aliphatic heterocycles. The molecule has 1 N–H and O–H groups in total. The minimum Gasteiger partial charge on any atom is -0.457 e. The molecule has 2 unspecified atom stereocenters. The van der Waals surface area contributed by atoms with Crippen LogP contribution in [0, 0.1) is 13.8 Å². The highest BCUT2D eigenvalue weighted by atomic mass is 35.5. The number of thiocarbonyl (C=S) groups is 1. The molecule has 194 valence electrons. The number of anilines is 1. The van der Waals surface area contributed by atoms with Gasteiger partial charge in [-0.25, -0.2) is 0 Å². The predicted octanol–water partition coefficient (Wildman–Crippen LogP) is 8.11. The summed E-state index contributed by atoms with van der Waals surface area (Å²) in [7, 11) is 0. The lowest BCUT2D eigenvalue weighted by Crippen LogP contribution is -2.30. The topological polar surface area (TPSA) is 42.3 Å². The van der Waals surface area contributed by atoms with Gasteiger partial charge in [-0.2, -0.15) is 0 Å². The van der Waals surface area contributed by atoms with Crippen molar-refractivity contribution < 1.29 is 4.74 Å². The van der Waals surface area contributed by atoms with E-state index in [4.69, 9.17) is 28.6 Å². The third kappa shape index (κ3) is 4.89. The normalized spacial score (nSPS) is 16.8. The summed E-state index contributed by atoms with van der Waals surface area (Å²) in [5.74, 6) is 1.61. The summed E-state index contributed by atoms with van der Waals surface area (Å²) in [5.41, 5.74) is 6.12. The Bertz CT molecular complexity index is 1630. The first-order chi connectivity index (χ1) is 19.0. The van der Waals surface area contributed by atoms with Gasteiger partial charge in [0.05, 0.1) is 11.7 Å². The summed E-state index contributed by atoms with van der Waals surface area (Å²) >= 11 is 12.3. The van der Waals surface area contributed by atoms with Crippen LogP contribution < -0.4 is 15.0 Å². The van der Waals surface area contributed by atoms with Crippen molar-refractivity contribution in [2.45, 2.75) is 25.9 Å². The molecule has 2 atom stereocenters. The zero-order valence-electron chi connectivity index (χ0n) is 21.6. The van der Waals surface area contributed by atoms with Gasteiger partial charge in [0.25, 0.3) is 0 Å². The summed E-state index contributed by atoms with van der Waals surface area (Å²) in [5, 5.41) is 4.94. The van der Waals surface area contributed by atoms with E-state index in [2.05, 4.69) is 56.3 Å². The molecule has 0 radical (unpaired) electrons. The molecule has 3 heterocycles. The number of aryl methyl sites for hydroxylation is 2. The Morgan fingerprint density at radius 3 is 2.36 bits per heavy atom. The number of para-hydroxylation sites is 1. The monoisotopic (exact) mass is 550 g/mol. The lowest BCUT2D eigenvalue weighted by atomic mass is 10.0. The molecule has 1 fully saturated rings. The van der Waals surface area contributed by atoms with Crippen LogP contribution >= 0.6 is 23.8 Å². The highest BCUT2D eigenvalue weighted by Gasteiger charge is 2.42. The van der Waals surface area contributed by atoms with Gasteiger partial charge in [0, 0.05) is 34.5 Å². The van der Waals surface area contributed by atoms with Gasteiger partial charge in [0.2, 0.25) is 0 Å². The SMILES string of the molecule is Cc1cc(-n2cccc2C2C(c3ccccn3)NC(=S)N2c2ccc(Oc3ccccc3C)cc2)ccc1Cl. The summed E-state index contributed by atoms with van der Waals surface area (Å²) in [6.45, 7) is 4.06. The molecule has 5 aromatic rings. The molecule has 3 aromatic carbocycles. The molecule has 2 aromatic heterocycles. The van der Waals surface area contributed by atoms with Gasteiger partial charge in [-0.15, -0.1) is 0 Å². The van der Waals surface area contributed by atoms with E-state index in [1.54, 1.807) is 0 Å². The number of hydrogen-bond donors (Lipinski definition) is 1. The van der Waals surface area contributed by atoms with Crippen LogP contribution in [-0.2, 0) is 0 Å². The van der Waals surface area contributed by atoms with E-state index in [0.29, 0.717) is 5.11 Å². The zero-order chi connectivity index (χ0) is 26.9. The summed E-state index contributed by atoms with van der Waals surface area (Å²) in [6.07, 6.45) is 3.89. The number of nitrogens with zero attached hydrogens (tertiary/aromatic N) is 3. The van der Waals surface area contributed by atoms with Crippen molar-refractivity contribution >= 4 is 34.6 Å². The molecular formula is C32H27ClN4OS. The summed E-state index contributed by atoms with van der Waals surface area (Å²) < 4.78 is 8.35. The number of benzene rings is 3. The van der Waals surface area contributed by atoms with Crippen LogP contribution in [0.15, 0.2) is 109 Å². The van der Waals surface area contributed by atoms with Crippen LogP contribution in [0.4, 0.5) is 5.69 Å². The van der Waals surface area contributed by atoms with Crippen molar-refractivity contribution in [1.29, 1.82) is 0 Å². The molecular weight excluding hydrogens is 524 g/mol. The van der Waals surface area contributed by atoms with Crippen molar-refractivity contribution in [3.05, 3.63) is 137 Å². The van der Waals surface area contributed by atoms with Gasteiger partial charge in [-0.1, -0.05) is 35.9 Å². The standard InChI is InChI=1S/C32H27ClN4OS/c1-21-8-3-4-11-29(21)38-25-15-12-23(13-16-25)37-31(30(35-32(37)39)27-9-5-6-18-34-27)28-10-7-19-36(28)24-14-17-26(33)22(2)20-24/h3-20,30-31H,1-2H3,(H,35,39). The maximum Gasteiger partial charge on any atom is 0.174 e. The second-order valence-electron chi connectivity index (χ2n) is 9.59. The van der Waals surface area contributed by atoms with Crippen LogP contribution in [0.3, 0.4) is 0 Å². The number of aromatic nitrogens is 2. The Morgan fingerprint density at radius 1 is 0.846 bits per heavy atom. The van der Waals surface area contributed by atoms with Crippen LogP contribution in [0.1, 0.15) is 34.6 Å². The molecule has 1 saturated heterocycles. The molecule has 6 rings (SSSR count). The molecule has 0 aliphatic carbocycles. The summed E-state index contributed by atoms with van der Waals surface area (Å²) in [6, 6.07) is 32.0. The maximum absolute atomic E-state index is 6.34. The van der Waals surface area contributed by atoms with E-state index in [0.717, 1.165) is 50.4 Å². The molecule has 1 aliphatic rings. The van der Waals surface area contributed by atoms with Gasteiger partial charge in [0.15, 0.2) is 5.11 Å². The van der Waals surface area contributed by atoms with Gasteiger partial charge in [-0.05, 0) is 110 Å². The highest BCUT2D eigenvalue weighted by molar-refractivity contribution is 7.80.